The minimum Gasteiger partial charge on any atom is -0.478 e. The fourth-order valence-electron chi connectivity index (χ4n) is 1.99. The van der Waals surface area contributed by atoms with Crippen molar-refractivity contribution in [2.24, 2.45) is 0 Å². The van der Waals surface area contributed by atoms with Gasteiger partial charge < -0.3 is 10.4 Å². The van der Waals surface area contributed by atoms with Gasteiger partial charge in [0, 0.05) is 6.20 Å². The molecule has 0 fully saturated rings. The molecule has 21 heavy (non-hydrogen) atoms. The van der Waals surface area contributed by atoms with Crippen molar-refractivity contribution in [2.45, 2.75) is 20.3 Å². The number of carboxylic acid groups (broad SMARTS) is 1. The van der Waals surface area contributed by atoms with Crippen LogP contribution in [0.4, 0.5) is 5.69 Å². The number of amides is 1. The van der Waals surface area contributed by atoms with Gasteiger partial charge in [0.15, 0.2) is 0 Å². The van der Waals surface area contributed by atoms with Gasteiger partial charge in [-0.25, -0.2) is 4.79 Å². The second-order valence-corrected chi connectivity index (χ2v) is 4.92. The molecule has 1 heterocycles. The van der Waals surface area contributed by atoms with Crippen LogP contribution in [0.25, 0.3) is 0 Å². The highest BCUT2D eigenvalue weighted by Gasteiger charge is 2.09. The maximum Gasteiger partial charge on any atom is 0.337 e. The topological polar surface area (TPSA) is 79.3 Å². The smallest absolute Gasteiger partial charge is 0.337 e. The third kappa shape index (κ3) is 3.89. The van der Waals surface area contributed by atoms with E-state index in [1.165, 1.54) is 18.5 Å². The molecule has 0 saturated heterocycles. The van der Waals surface area contributed by atoms with Crippen LogP contribution in [0, 0.1) is 13.8 Å². The molecule has 0 atom stereocenters. The number of hydrogen-bond acceptors (Lipinski definition) is 3. The molecule has 0 aliphatic rings. The summed E-state index contributed by atoms with van der Waals surface area (Å²) in [5, 5.41) is 11.6. The van der Waals surface area contributed by atoms with Gasteiger partial charge in [-0.05, 0) is 31.0 Å². The molecule has 2 N–H and O–H groups in total. The molecule has 0 radical (unpaired) electrons. The third-order valence-corrected chi connectivity index (χ3v) is 3.12. The standard InChI is InChI=1S/C16H16N2O3/c1-10-3-4-11(2)12(5-10)7-15(19)18-14-6-13(16(20)21)8-17-9-14/h3-6,8-9H,7H2,1-2H3,(H,18,19)(H,20,21). The number of nitrogens with zero attached hydrogens (tertiary/aromatic N) is 1. The molecule has 0 bridgehead atoms. The van der Waals surface area contributed by atoms with E-state index in [9.17, 15) is 9.59 Å². The Kier molecular flexibility index (Phi) is 4.33. The van der Waals surface area contributed by atoms with Crippen LogP contribution in [-0.4, -0.2) is 22.0 Å². The number of carbonyl (C=O) groups is 2. The number of rotatable bonds is 4. The molecule has 1 aromatic carbocycles. The molecule has 0 saturated carbocycles. The molecule has 0 aliphatic carbocycles. The minimum absolute atomic E-state index is 0.0412. The zero-order valence-corrected chi connectivity index (χ0v) is 11.9. The first-order valence-corrected chi connectivity index (χ1v) is 6.50. The first-order chi connectivity index (χ1) is 9.95. The van der Waals surface area contributed by atoms with E-state index in [0.717, 1.165) is 16.7 Å². The normalized spacial score (nSPS) is 10.2. The van der Waals surface area contributed by atoms with Crippen LogP contribution in [0.3, 0.4) is 0 Å². The highest BCUT2D eigenvalue weighted by atomic mass is 16.4. The summed E-state index contributed by atoms with van der Waals surface area (Å²) in [6.45, 7) is 3.93. The molecule has 5 nitrogen and oxygen atoms in total. The Morgan fingerprint density at radius 3 is 2.67 bits per heavy atom. The van der Waals surface area contributed by atoms with E-state index >= 15 is 0 Å². The van der Waals surface area contributed by atoms with Crippen LogP contribution < -0.4 is 5.32 Å². The zero-order chi connectivity index (χ0) is 15.4. The number of hydrogen-bond donors (Lipinski definition) is 2. The monoisotopic (exact) mass is 284 g/mol. The van der Waals surface area contributed by atoms with Gasteiger partial charge >= 0.3 is 5.97 Å². The van der Waals surface area contributed by atoms with Gasteiger partial charge in [0.1, 0.15) is 0 Å². The van der Waals surface area contributed by atoms with Crippen LogP contribution >= 0.6 is 0 Å². The summed E-state index contributed by atoms with van der Waals surface area (Å²) in [4.78, 5) is 26.7. The lowest BCUT2D eigenvalue weighted by Gasteiger charge is -2.08. The molecule has 0 aliphatic heterocycles. The lowest BCUT2D eigenvalue weighted by Crippen LogP contribution is -2.15. The van der Waals surface area contributed by atoms with Gasteiger partial charge in [-0.15, -0.1) is 0 Å². The summed E-state index contributed by atoms with van der Waals surface area (Å²) in [5.74, 6) is -1.28. The van der Waals surface area contributed by atoms with E-state index < -0.39 is 5.97 Å². The van der Waals surface area contributed by atoms with Gasteiger partial charge in [0.25, 0.3) is 0 Å². The molecule has 0 spiro atoms. The molecule has 108 valence electrons. The van der Waals surface area contributed by atoms with E-state index in [4.69, 9.17) is 5.11 Å². The van der Waals surface area contributed by atoms with E-state index in [0.29, 0.717) is 5.69 Å². The molecule has 2 aromatic rings. The van der Waals surface area contributed by atoms with Gasteiger partial charge in [0.2, 0.25) is 5.91 Å². The number of aryl methyl sites for hydroxylation is 2. The Morgan fingerprint density at radius 1 is 1.19 bits per heavy atom. The molecule has 0 unspecified atom stereocenters. The Bertz CT molecular complexity index is 696. The van der Waals surface area contributed by atoms with Gasteiger partial charge in [-0.3, -0.25) is 9.78 Å². The maximum atomic E-state index is 12.0. The molecule has 5 heteroatoms. The van der Waals surface area contributed by atoms with Crippen molar-refractivity contribution >= 4 is 17.6 Å². The van der Waals surface area contributed by atoms with Crippen LogP contribution in [0.1, 0.15) is 27.0 Å². The summed E-state index contributed by atoms with van der Waals surface area (Å²) in [6.07, 6.45) is 2.90. The average Bonchev–Trinajstić information content (AvgIpc) is 2.43. The lowest BCUT2D eigenvalue weighted by atomic mass is 10.0. The second kappa shape index (κ2) is 6.17. The number of aromatic carboxylic acids is 1. The van der Waals surface area contributed by atoms with Gasteiger partial charge in [0.05, 0.1) is 23.9 Å². The molecule has 1 aromatic heterocycles. The van der Waals surface area contributed by atoms with E-state index in [1.807, 2.05) is 32.0 Å². The average molecular weight is 284 g/mol. The number of carboxylic acids is 1. The van der Waals surface area contributed by atoms with Crippen LogP contribution in [-0.2, 0) is 11.2 Å². The maximum absolute atomic E-state index is 12.0. The minimum atomic E-state index is -1.08. The Labute approximate surface area is 122 Å². The number of pyridine rings is 1. The van der Waals surface area contributed by atoms with Crippen molar-refractivity contribution in [1.82, 2.24) is 4.98 Å². The van der Waals surface area contributed by atoms with Crippen molar-refractivity contribution in [3.05, 3.63) is 58.9 Å². The highest BCUT2D eigenvalue weighted by Crippen LogP contribution is 2.13. The Morgan fingerprint density at radius 2 is 1.95 bits per heavy atom. The van der Waals surface area contributed by atoms with Crippen molar-refractivity contribution in [3.63, 3.8) is 0 Å². The summed E-state index contributed by atoms with van der Waals surface area (Å²) in [5.41, 5.74) is 3.52. The Balaban J connectivity index is 2.10. The van der Waals surface area contributed by atoms with Crippen molar-refractivity contribution < 1.29 is 14.7 Å². The van der Waals surface area contributed by atoms with Crippen LogP contribution in [0.2, 0.25) is 0 Å². The number of carbonyl (C=O) groups excluding carboxylic acids is 1. The van der Waals surface area contributed by atoms with Crippen molar-refractivity contribution in [3.8, 4) is 0 Å². The SMILES string of the molecule is Cc1ccc(C)c(CC(=O)Nc2cncc(C(=O)O)c2)c1. The number of benzene rings is 1. The summed E-state index contributed by atoms with van der Waals surface area (Å²) in [6, 6.07) is 7.33. The molecule has 2 rings (SSSR count). The lowest BCUT2D eigenvalue weighted by molar-refractivity contribution is -0.115. The van der Waals surface area contributed by atoms with Crippen LogP contribution in [0.15, 0.2) is 36.7 Å². The van der Waals surface area contributed by atoms with Crippen molar-refractivity contribution in [2.75, 3.05) is 5.32 Å². The zero-order valence-electron chi connectivity index (χ0n) is 11.9. The highest BCUT2D eigenvalue weighted by molar-refractivity contribution is 5.94. The first kappa shape index (κ1) is 14.7. The first-order valence-electron chi connectivity index (χ1n) is 6.50. The third-order valence-electron chi connectivity index (χ3n) is 3.12. The van der Waals surface area contributed by atoms with Gasteiger partial charge in [-0.1, -0.05) is 23.8 Å². The van der Waals surface area contributed by atoms with E-state index in [1.54, 1.807) is 0 Å². The van der Waals surface area contributed by atoms with Crippen LogP contribution in [0.5, 0.6) is 0 Å². The Hall–Kier alpha value is -2.69. The predicted octanol–water partition coefficient (Wildman–Crippen LogP) is 2.58. The summed E-state index contributed by atoms with van der Waals surface area (Å²) >= 11 is 0. The van der Waals surface area contributed by atoms with Gasteiger partial charge in [-0.2, -0.15) is 0 Å². The summed E-state index contributed by atoms with van der Waals surface area (Å²) < 4.78 is 0. The van der Waals surface area contributed by atoms with Crippen molar-refractivity contribution in [1.29, 1.82) is 0 Å². The van der Waals surface area contributed by atoms with E-state index in [2.05, 4.69) is 10.3 Å². The fraction of sp³-hybridized carbons (Fsp3) is 0.188. The quantitative estimate of drug-likeness (QED) is 0.904. The number of nitrogens with one attached hydrogen (secondary N) is 1. The molecular formula is C16H16N2O3. The number of aromatic nitrogens is 1. The largest absolute Gasteiger partial charge is 0.478 e. The predicted molar refractivity (Wildman–Crippen MR) is 79.4 cm³/mol. The van der Waals surface area contributed by atoms with E-state index in [-0.39, 0.29) is 17.9 Å². The number of anilines is 1. The molecule has 1 amide bonds. The fourth-order valence-corrected chi connectivity index (χ4v) is 1.99. The summed E-state index contributed by atoms with van der Waals surface area (Å²) in [7, 11) is 0. The second-order valence-electron chi connectivity index (χ2n) is 4.92. The molecular weight excluding hydrogens is 268 g/mol.